The maximum Gasteiger partial charge on any atom is 0.460 e. The number of hydrogen-bond donors (Lipinski definition) is 1. The van der Waals surface area contributed by atoms with E-state index in [4.69, 9.17) is 5.11 Å². The van der Waals surface area contributed by atoms with Crippen molar-refractivity contribution < 1.29 is 88.2 Å². The minimum absolute atomic E-state index is 0.112. The van der Waals surface area contributed by atoms with Crippen LogP contribution in [0.5, 0.6) is 0 Å². The first-order chi connectivity index (χ1) is 18.9. The van der Waals surface area contributed by atoms with Crippen molar-refractivity contribution >= 4 is 10.0 Å². The zero-order valence-corrected chi connectivity index (χ0v) is 23.0. The Morgan fingerprint density at radius 2 is 0.977 bits per heavy atom. The lowest BCUT2D eigenvalue weighted by Crippen LogP contribution is -2.75. The molecule has 0 bridgehead atoms. The number of aliphatic hydroxyl groups is 1. The topological polar surface area (TPSA) is 57.6 Å². The molecule has 22 heteroatoms. The molecule has 0 aromatic rings. The Balaban J connectivity index is 7.05. The quantitative estimate of drug-likeness (QED) is 0.111. The summed E-state index contributed by atoms with van der Waals surface area (Å²) in [5, 5.41) is 4.58. The molecule has 1 N–H and O–H groups in total. The highest BCUT2D eigenvalue weighted by Crippen LogP contribution is 2.64. The summed E-state index contributed by atoms with van der Waals surface area (Å²) in [6.45, 7) is 0.131. The van der Waals surface area contributed by atoms with Gasteiger partial charge in [-0.1, -0.05) is 39.0 Å². The van der Waals surface area contributed by atoms with E-state index < -0.39 is 88.9 Å². The van der Waals surface area contributed by atoms with Gasteiger partial charge in [-0.25, -0.2) is 12.7 Å². The fourth-order valence-electron chi connectivity index (χ4n) is 3.62. The molecule has 0 fully saturated rings. The smallest absolute Gasteiger partial charge is 0.396 e. The summed E-state index contributed by atoms with van der Waals surface area (Å²) >= 11 is 0. The van der Waals surface area contributed by atoms with Crippen molar-refractivity contribution in [3.05, 3.63) is 0 Å². The first-order valence-corrected chi connectivity index (χ1v) is 13.7. The number of alkyl halides is 17. The lowest BCUT2D eigenvalue weighted by molar-refractivity contribution is -0.461. The zero-order valence-electron chi connectivity index (χ0n) is 22.2. The van der Waals surface area contributed by atoms with Gasteiger partial charge in [0.1, 0.15) is 5.25 Å². The van der Waals surface area contributed by atoms with Gasteiger partial charge in [-0.3, -0.25) is 0 Å². The molecule has 0 aromatic carbocycles. The molecule has 0 spiro atoms. The normalized spacial score (nSPS) is 16.2. The van der Waals surface area contributed by atoms with Crippen LogP contribution >= 0.6 is 0 Å². The van der Waals surface area contributed by atoms with Gasteiger partial charge in [0, 0.05) is 20.2 Å². The van der Waals surface area contributed by atoms with Crippen LogP contribution < -0.4 is 0 Å². The summed E-state index contributed by atoms with van der Waals surface area (Å²) in [7, 11) is -5.57. The van der Waals surface area contributed by atoms with Crippen LogP contribution in [0.4, 0.5) is 74.6 Å². The van der Waals surface area contributed by atoms with Gasteiger partial charge in [-0.05, 0) is 19.3 Å². The number of halogens is 17. The van der Waals surface area contributed by atoms with E-state index in [0.717, 1.165) is 0 Å². The third-order valence-electron chi connectivity index (χ3n) is 6.40. The van der Waals surface area contributed by atoms with E-state index in [0.29, 0.717) is 19.9 Å². The number of rotatable bonds is 19. The molecule has 0 radical (unpaired) electrons. The summed E-state index contributed by atoms with van der Waals surface area (Å²) in [6, 6.07) is 0. The van der Waals surface area contributed by atoms with E-state index in [9.17, 15) is 74.3 Å². The second-order valence-corrected chi connectivity index (χ2v) is 11.8. The predicted octanol–water partition coefficient (Wildman–Crippen LogP) is 7.76. The number of nitrogens with zero attached hydrogens (tertiary/aromatic N) is 1. The second kappa shape index (κ2) is 13.6. The molecule has 0 aliphatic heterocycles. The number of aliphatic hydroxyl groups excluding tert-OH is 1. The Hall–Kier alpha value is -1.32. The van der Waals surface area contributed by atoms with Crippen LogP contribution in [-0.2, 0) is 10.0 Å². The van der Waals surface area contributed by atoms with Gasteiger partial charge in [-0.15, -0.1) is 0 Å². The maximum absolute atomic E-state index is 15.0. The first-order valence-electron chi connectivity index (χ1n) is 12.2. The summed E-state index contributed by atoms with van der Waals surface area (Å²) in [6.07, 6.45) is -10.3. The summed E-state index contributed by atoms with van der Waals surface area (Å²) in [4.78, 5) is 0. The minimum Gasteiger partial charge on any atom is -0.396 e. The van der Waals surface area contributed by atoms with E-state index in [1.807, 2.05) is 0 Å². The average molecular weight is 697 g/mol. The Morgan fingerprint density at radius 1 is 0.581 bits per heavy atom. The van der Waals surface area contributed by atoms with Gasteiger partial charge >= 0.3 is 47.6 Å². The first kappa shape index (κ1) is 41.7. The van der Waals surface area contributed by atoms with Gasteiger partial charge < -0.3 is 5.11 Å². The van der Waals surface area contributed by atoms with Crippen molar-refractivity contribution in [1.29, 1.82) is 0 Å². The van der Waals surface area contributed by atoms with Crippen LogP contribution in [0.3, 0.4) is 0 Å². The largest absolute Gasteiger partial charge is 0.460 e. The van der Waals surface area contributed by atoms with Gasteiger partial charge in [0.05, 0.1) is 0 Å². The standard InChI is InChI=1S/C21H28F17NO3S/c1-3-4-5-6-7-10-13(43(41,42)39(2)11-8-9-12-40)14(22,23)15(24,25)16(26,27)17(28,29)18(30,31)19(32,33)20(34,35)21(36,37)38/h13,40H,3-12H2,1-2H3. The molecule has 1 unspecified atom stereocenters. The van der Waals surface area contributed by atoms with Gasteiger partial charge in [-0.2, -0.15) is 74.6 Å². The molecule has 0 aromatic heterocycles. The molecular formula is C21H28F17NO3S. The highest BCUT2D eigenvalue weighted by Gasteiger charge is 2.95. The van der Waals surface area contributed by atoms with Crippen LogP contribution in [0.25, 0.3) is 0 Å². The molecule has 0 heterocycles. The molecule has 0 aliphatic rings. The summed E-state index contributed by atoms with van der Waals surface area (Å²) in [5.41, 5.74) is 0. The monoisotopic (exact) mass is 697 g/mol. The van der Waals surface area contributed by atoms with E-state index in [1.165, 1.54) is 0 Å². The van der Waals surface area contributed by atoms with Crippen LogP contribution in [-0.4, -0.2) is 90.9 Å². The molecule has 260 valence electrons. The molecule has 0 saturated carbocycles. The molecule has 0 aliphatic carbocycles. The highest BCUT2D eigenvalue weighted by molar-refractivity contribution is 7.89. The zero-order chi connectivity index (χ0) is 34.7. The Bertz CT molecular complexity index is 999. The summed E-state index contributed by atoms with van der Waals surface area (Å²) in [5.74, 6) is -58.2. The Labute approximate surface area is 234 Å². The van der Waals surface area contributed by atoms with E-state index in [2.05, 4.69) is 0 Å². The fraction of sp³-hybridized carbons (Fsp3) is 1.00. The highest BCUT2D eigenvalue weighted by atomic mass is 32.2. The molecule has 0 amide bonds. The molecule has 0 saturated heterocycles. The van der Waals surface area contributed by atoms with E-state index in [1.54, 1.807) is 6.92 Å². The van der Waals surface area contributed by atoms with Crippen molar-refractivity contribution in [3.8, 4) is 0 Å². The Morgan fingerprint density at radius 3 is 1.37 bits per heavy atom. The average Bonchev–Trinajstić information content (AvgIpc) is 2.84. The van der Waals surface area contributed by atoms with Crippen molar-refractivity contribution in [2.24, 2.45) is 0 Å². The van der Waals surface area contributed by atoms with E-state index in [-0.39, 0.29) is 30.0 Å². The van der Waals surface area contributed by atoms with Crippen molar-refractivity contribution in [2.75, 3.05) is 20.2 Å². The van der Waals surface area contributed by atoms with E-state index >= 15 is 8.78 Å². The van der Waals surface area contributed by atoms with Crippen molar-refractivity contribution in [1.82, 2.24) is 4.31 Å². The molecule has 0 rings (SSSR count). The van der Waals surface area contributed by atoms with Crippen LogP contribution in [0, 0.1) is 0 Å². The van der Waals surface area contributed by atoms with Crippen molar-refractivity contribution in [3.63, 3.8) is 0 Å². The minimum atomic E-state index is -8.79. The lowest BCUT2D eigenvalue weighted by Gasteiger charge is -2.44. The molecule has 1 atom stereocenters. The summed E-state index contributed by atoms with van der Waals surface area (Å²) < 4.78 is 259. The van der Waals surface area contributed by atoms with Gasteiger partial charge in [0.25, 0.3) is 0 Å². The molecular weight excluding hydrogens is 669 g/mol. The van der Waals surface area contributed by atoms with Crippen LogP contribution in [0.15, 0.2) is 0 Å². The third-order valence-corrected chi connectivity index (χ3v) is 8.70. The fourth-order valence-corrected chi connectivity index (χ4v) is 5.42. The molecule has 4 nitrogen and oxygen atoms in total. The number of sulfonamides is 1. The molecule has 43 heavy (non-hydrogen) atoms. The van der Waals surface area contributed by atoms with Crippen LogP contribution in [0.1, 0.15) is 58.3 Å². The number of hydrogen-bond acceptors (Lipinski definition) is 3. The number of unbranched alkanes of at least 4 members (excludes halogenated alkanes) is 5. The van der Waals surface area contributed by atoms with Gasteiger partial charge in [0.2, 0.25) is 10.0 Å². The van der Waals surface area contributed by atoms with Crippen LogP contribution in [0.2, 0.25) is 0 Å². The predicted molar refractivity (Wildman–Crippen MR) is 116 cm³/mol. The third kappa shape index (κ3) is 7.24. The SMILES string of the molecule is CCCCCCCC(C(F)(F)C(F)(F)C(F)(F)C(F)(F)C(F)(F)C(F)(F)C(F)(F)C(F)(F)F)S(=O)(=O)N(C)CCCCO. The second-order valence-electron chi connectivity index (χ2n) is 9.56. The Kier molecular flexibility index (Phi) is 13.2. The van der Waals surface area contributed by atoms with Gasteiger partial charge in [0.15, 0.2) is 0 Å². The maximum atomic E-state index is 15.0. The lowest BCUT2D eigenvalue weighted by atomic mass is 9.87. The van der Waals surface area contributed by atoms with Crippen molar-refractivity contribution in [2.45, 2.75) is 111 Å².